The number of rotatable bonds is 21. The molecule has 4 unspecified atom stereocenters. The highest BCUT2D eigenvalue weighted by molar-refractivity contribution is 7.94. The Bertz CT molecular complexity index is 3040. The Morgan fingerprint density at radius 1 is 0.475 bits per heavy atom. The Morgan fingerprint density at radius 3 is 0.990 bits per heavy atom. The van der Waals surface area contributed by atoms with Gasteiger partial charge >= 0.3 is 0 Å². The van der Waals surface area contributed by atoms with Gasteiger partial charge in [0, 0.05) is 136 Å². The average molecular weight is 1450 g/mol. The van der Waals surface area contributed by atoms with Gasteiger partial charge in [0.05, 0.1) is 31.6 Å². The van der Waals surface area contributed by atoms with E-state index < -0.39 is 0 Å². The first kappa shape index (κ1) is 87.2. The fraction of sp³-hybridized carbons (Fsp3) is 0.579. The molecule has 0 aliphatic heterocycles. The Balaban J connectivity index is 0.000000244. The third kappa shape index (κ3) is 43.5. The minimum absolute atomic E-state index is 0.0804. The molecule has 8 N–H and O–H groups in total. The summed E-state index contributed by atoms with van der Waals surface area (Å²) in [5.74, 6) is 9.97. The topological polar surface area (TPSA) is 266 Å². The molecule has 0 bridgehead atoms. The third-order valence-electron chi connectivity index (χ3n) is 18.0. The molecule has 560 valence electrons. The van der Waals surface area contributed by atoms with Gasteiger partial charge < -0.3 is 34.9 Å². The highest BCUT2D eigenvalue weighted by Crippen LogP contribution is 2.32. The lowest BCUT2D eigenvalue weighted by atomic mass is 9.84. The van der Waals surface area contributed by atoms with Gasteiger partial charge in [-0.05, 0) is 259 Å². The van der Waals surface area contributed by atoms with Crippen molar-refractivity contribution < 1.29 is 38.9 Å². The first-order valence-electron chi connectivity index (χ1n) is 35.6. The first-order chi connectivity index (χ1) is 48.9. The predicted molar refractivity (Wildman–Crippen MR) is 411 cm³/mol. The van der Waals surface area contributed by atoms with E-state index in [1.807, 2.05) is 37.2 Å². The molecular weight excluding hydrogens is 1330 g/mol. The minimum atomic E-state index is 0.0804. The number of hydrogen-bond acceptors (Lipinski definition) is 18. The van der Waals surface area contributed by atoms with E-state index in [-0.39, 0.29) is 6.61 Å². The van der Waals surface area contributed by atoms with E-state index in [2.05, 4.69) is 170 Å². The molecule has 6 aromatic heterocycles. The number of allylic oxidation sites excluding steroid dienone is 10. The summed E-state index contributed by atoms with van der Waals surface area (Å²) >= 11 is 7.33. The second-order valence-electron chi connectivity index (χ2n) is 27.1. The van der Waals surface area contributed by atoms with E-state index in [9.17, 15) is 0 Å². The molecule has 6 aliphatic carbocycles. The molecule has 0 aromatic carbocycles. The van der Waals surface area contributed by atoms with Crippen molar-refractivity contribution in [1.29, 1.82) is 0 Å². The fourth-order valence-corrected chi connectivity index (χ4v) is 12.6. The van der Waals surface area contributed by atoms with Crippen LogP contribution in [-0.4, -0.2) is 123 Å². The highest BCUT2D eigenvalue weighted by atomic mass is 32.2. The maximum Gasteiger partial charge on any atom is 0.174 e. The number of hydroxylamine groups is 4. The number of imidazole rings is 6. The minimum Gasteiger partial charge on any atom is -0.348 e. The zero-order chi connectivity index (χ0) is 73.1. The van der Waals surface area contributed by atoms with Crippen LogP contribution in [0, 0.1) is 52.1 Å². The summed E-state index contributed by atoms with van der Waals surface area (Å²) in [5, 5.41) is 17.1. The van der Waals surface area contributed by atoms with Crippen LogP contribution in [0.3, 0.4) is 0 Å². The maximum atomic E-state index is 7.47. The molecule has 101 heavy (non-hydrogen) atoms. The first-order valence-corrected chi connectivity index (χ1v) is 38.3. The zero-order valence-electron chi connectivity index (χ0n) is 62.3. The van der Waals surface area contributed by atoms with Crippen LogP contribution in [0.4, 0.5) is 0 Å². The Labute approximate surface area is 616 Å². The number of nitrogens with zero attached hydrogens (tertiary/aromatic N) is 7. The molecule has 2 saturated carbocycles. The summed E-state index contributed by atoms with van der Waals surface area (Å²) in [6, 6.07) is 0. The van der Waals surface area contributed by atoms with Gasteiger partial charge in [-0.3, -0.25) is 0 Å². The van der Waals surface area contributed by atoms with E-state index in [4.69, 9.17) is 17.5 Å². The lowest BCUT2D eigenvalue weighted by molar-refractivity contribution is -0.620. The summed E-state index contributed by atoms with van der Waals surface area (Å²) in [6.45, 7) is 18.7. The molecule has 0 saturated heterocycles. The van der Waals surface area contributed by atoms with Gasteiger partial charge in [0.25, 0.3) is 0 Å². The van der Waals surface area contributed by atoms with Crippen LogP contribution in [0.25, 0.3) is 0 Å². The molecule has 0 radical (unpaired) electrons. The molecule has 0 spiro atoms. The second kappa shape index (κ2) is 54.4. The van der Waals surface area contributed by atoms with Crippen LogP contribution in [0.1, 0.15) is 197 Å². The van der Waals surface area contributed by atoms with Crippen molar-refractivity contribution in [2.75, 3.05) is 47.3 Å². The molecule has 0 amide bonds. The lowest BCUT2D eigenvalue weighted by Gasteiger charge is -2.22. The summed E-state index contributed by atoms with van der Waals surface area (Å²) in [7, 11) is 6.98. The van der Waals surface area contributed by atoms with E-state index >= 15 is 0 Å². The van der Waals surface area contributed by atoms with Gasteiger partial charge in [-0.25, -0.2) is 30.2 Å². The van der Waals surface area contributed by atoms with E-state index in [0.29, 0.717) is 0 Å². The smallest absolute Gasteiger partial charge is 0.174 e. The van der Waals surface area contributed by atoms with Crippen LogP contribution in [0.2, 0.25) is 0 Å². The van der Waals surface area contributed by atoms with Crippen molar-refractivity contribution in [1.82, 2.24) is 69.9 Å². The van der Waals surface area contributed by atoms with Crippen molar-refractivity contribution >= 4 is 36.3 Å². The van der Waals surface area contributed by atoms with Crippen molar-refractivity contribution in [3.05, 3.63) is 179 Å². The zero-order valence-corrected chi connectivity index (χ0v) is 64.7. The summed E-state index contributed by atoms with van der Waals surface area (Å²) in [5.41, 5.74) is 16.7. The molecule has 22 nitrogen and oxygen atoms in total. The van der Waals surface area contributed by atoms with Gasteiger partial charge in [0.15, 0.2) is 4.77 Å². The number of H-pyrrole nitrogens is 7. The maximum absolute atomic E-state index is 7.47. The number of aromatic amines is 7. The molecular formula is C76H120N14O8S3. The summed E-state index contributed by atoms with van der Waals surface area (Å²) in [6.07, 6.45) is 65.9. The van der Waals surface area contributed by atoms with Gasteiger partial charge in [0.1, 0.15) is 6.61 Å². The van der Waals surface area contributed by atoms with Gasteiger partial charge in [-0.1, -0.05) is 76.8 Å². The van der Waals surface area contributed by atoms with Crippen molar-refractivity contribution in [2.45, 2.75) is 202 Å². The molecule has 6 aromatic rings. The molecule has 6 heterocycles. The number of nitrogens with one attached hydrogen (secondary N) is 7. The number of aromatic nitrogens is 12. The fourth-order valence-electron chi connectivity index (χ4n) is 12.1. The standard InChI is InChI=1S/C11H16N2S.5C11H16N2.C4H6O4.2C3H9NO2S/c1-8-2-4-9(5-3-8)6-10-7-12-11(14)13-10;5*1-9-2-4-10(5-3-9)6-11-7-12-8-13-11;1-2-3-4-6-8-7-5;2*1-4(2)5-6-7-3/h2,7,9H,3-6H2,1H3,(H2,12,13,14);3*2,7-8,10H,3-6H2,1H3,(H,12,13);2*7-8,10H,1-6H2,(H,12,13);5H,4H2,1H3;2*1-3H3. The number of hydrogen-bond donors (Lipinski definition) is 8. The summed E-state index contributed by atoms with van der Waals surface area (Å²) < 4.78 is 9.61. The predicted octanol–water partition coefficient (Wildman–Crippen LogP) is 18.6. The molecule has 6 aliphatic rings. The van der Waals surface area contributed by atoms with Crippen molar-refractivity contribution in [2.24, 2.45) is 35.5 Å². The van der Waals surface area contributed by atoms with Crippen molar-refractivity contribution in [3.8, 4) is 11.8 Å². The van der Waals surface area contributed by atoms with Crippen LogP contribution >= 0.6 is 36.3 Å². The molecule has 12 rings (SSSR count). The monoisotopic (exact) mass is 1450 g/mol. The Hall–Kier alpha value is -6.22. The quantitative estimate of drug-likeness (QED) is 0.00633. The molecule has 2 fully saturated rings. The Morgan fingerprint density at radius 2 is 0.772 bits per heavy atom. The second-order valence-corrected chi connectivity index (χ2v) is 28.4. The van der Waals surface area contributed by atoms with Crippen LogP contribution in [0.5, 0.6) is 0 Å². The van der Waals surface area contributed by atoms with Gasteiger partial charge in [-0.2, -0.15) is 15.0 Å². The van der Waals surface area contributed by atoms with Gasteiger partial charge in [-0.15, -0.1) is 24.6 Å². The lowest BCUT2D eigenvalue weighted by Crippen LogP contribution is -2.10. The van der Waals surface area contributed by atoms with E-state index in [0.717, 1.165) is 78.8 Å². The van der Waals surface area contributed by atoms with E-state index in [1.165, 1.54) is 208 Å². The molecule has 4 atom stereocenters. The molecule has 25 heteroatoms. The summed E-state index contributed by atoms with van der Waals surface area (Å²) in [4.78, 5) is 55.2. The SMILES string of the molecule is C=C1CCC(Cc2cnc[nH]2)CC1.C=C1CCC(Cc2cnc[nH]2)CC1.CC#CCOOOO.CC1=CCC(Cc2c[nH]c(=S)[nH]2)CC1.CC1=CCC(Cc2cnc[nH]2)CC1.CC1=CCC(Cc2cnc[nH]2)CC1.CC1=CCC(Cc2cnc[nH]2)CC1.CSOON(C)C.CSOON(C)C. The van der Waals surface area contributed by atoms with E-state index in [1.54, 1.807) is 102 Å². The third-order valence-corrected chi connectivity index (χ3v) is 18.6. The van der Waals surface area contributed by atoms with Gasteiger partial charge in [0.2, 0.25) is 0 Å². The van der Waals surface area contributed by atoms with Crippen molar-refractivity contribution in [3.63, 3.8) is 0 Å². The largest absolute Gasteiger partial charge is 0.348 e. The van der Waals surface area contributed by atoms with Crippen LogP contribution < -0.4 is 0 Å². The average Bonchev–Trinajstić information content (AvgIpc) is 1.86. The Kier molecular flexibility index (Phi) is 47.0. The highest BCUT2D eigenvalue weighted by Gasteiger charge is 2.20. The normalized spacial score (nSPS) is 18.9. The van der Waals surface area contributed by atoms with Crippen LogP contribution in [-0.2, 0) is 72.1 Å². The van der Waals surface area contributed by atoms with Crippen LogP contribution in [0.15, 0.2) is 140 Å².